The molecule has 156 valence electrons. The number of benzene rings is 1. The summed E-state index contributed by atoms with van der Waals surface area (Å²) in [6.07, 6.45) is -3.32. The largest absolute Gasteiger partial charge is 0.417 e. The summed E-state index contributed by atoms with van der Waals surface area (Å²) in [5, 5.41) is 7.70. The number of nitrogens with two attached hydrogens (primary N) is 2. The molecule has 2 heterocycles. The zero-order valence-electron chi connectivity index (χ0n) is 15.6. The van der Waals surface area contributed by atoms with Gasteiger partial charge in [0.1, 0.15) is 0 Å². The first-order valence-corrected chi connectivity index (χ1v) is 9.08. The van der Waals surface area contributed by atoms with Crippen LogP contribution in [0.2, 0.25) is 0 Å². The first-order chi connectivity index (χ1) is 13.6. The van der Waals surface area contributed by atoms with Crippen molar-refractivity contribution < 1.29 is 17.8 Å². The van der Waals surface area contributed by atoms with E-state index in [1.165, 1.54) is 0 Å². The number of nitrogens with zero attached hydrogens (tertiary/aromatic N) is 4. The number of piperazine rings is 1. The number of alkyl halides is 3. The summed E-state index contributed by atoms with van der Waals surface area (Å²) in [7, 11) is 0. The van der Waals surface area contributed by atoms with Crippen LogP contribution in [0.1, 0.15) is 5.56 Å². The number of allylic oxidation sites excluding steroid dienone is 3. The highest BCUT2D eigenvalue weighted by Crippen LogP contribution is 2.34. The molecule has 11 heteroatoms. The fraction of sp³-hybridized carbons (Fsp3) is 0.333. The number of aryl methyl sites for hydroxylation is 1. The van der Waals surface area contributed by atoms with E-state index in [9.17, 15) is 13.2 Å². The molecule has 7 nitrogen and oxygen atoms in total. The summed E-state index contributed by atoms with van der Waals surface area (Å²) in [4.78, 5) is 3.92. The van der Waals surface area contributed by atoms with Crippen molar-refractivity contribution in [2.45, 2.75) is 13.1 Å². The van der Waals surface area contributed by atoms with Gasteiger partial charge in [-0.2, -0.15) is 13.2 Å². The average Bonchev–Trinajstić information content (AvgIpc) is 3.15. The van der Waals surface area contributed by atoms with E-state index in [1.54, 1.807) is 0 Å². The van der Waals surface area contributed by atoms with Crippen LogP contribution in [-0.4, -0.2) is 47.6 Å². The van der Waals surface area contributed by atoms with Gasteiger partial charge in [0.25, 0.3) is 0 Å². The highest BCUT2D eigenvalue weighted by Gasteiger charge is 2.32. The molecule has 1 fully saturated rings. The number of nitrogen functional groups attached to an aromatic ring is 1. The summed E-state index contributed by atoms with van der Waals surface area (Å²) in [6, 6.07) is 1.81. The van der Waals surface area contributed by atoms with Crippen LogP contribution in [0.3, 0.4) is 0 Å². The minimum absolute atomic E-state index is 0.112. The Hall–Kier alpha value is -2.88. The van der Waals surface area contributed by atoms with Gasteiger partial charge < -0.3 is 21.3 Å². The molecule has 0 amide bonds. The molecule has 0 aliphatic carbocycles. The highest BCUT2D eigenvalue weighted by molar-refractivity contribution is 6.32. The van der Waals surface area contributed by atoms with Crippen molar-refractivity contribution in [2.75, 3.05) is 36.8 Å². The van der Waals surface area contributed by atoms with E-state index in [0.29, 0.717) is 54.8 Å². The first-order valence-electron chi connectivity index (χ1n) is 8.70. The molecular weight excluding hydrogens is 409 g/mol. The molecule has 0 unspecified atom stereocenters. The Kier molecular flexibility index (Phi) is 5.65. The Morgan fingerprint density at radius 2 is 1.86 bits per heavy atom. The fourth-order valence-corrected chi connectivity index (χ4v) is 3.52. The van der Waals surface area contributed by atoms with Gasteiger partial charge in [0.05, 0.1) is 22.0 Å². The molecule has 1 saturated heterocycles. The Morgan fingerprint density at radius 3 is 2.45 bits per heavy atom. The molecule has 1 aromatic carbocycles. The summed E-state index contributed by atoms with van der Waals surface area (Å²) in [6.45, 7) is 7.92. The molecule has 1 aromatic heterocycles. The van der Waals surface area contributed by atoms with E-state index >= 15 is 0 Å². The standard InChI is InChI=1S/C18H20ClF3N6O/c1-10-7-14(24)15-16(26-29-25-15)17(10)28-5-3-27(4-6-28)11(2)13(19)8-12(9-23)18(20,21)22/h7-9H,2-6,23-24H2,1H3/b12-9+,13-8+. The van der Waals surface area contributed by atoms with Crippen LogP contribution in [0.5, 0.6) is 0 Å². The Bertz CT molecular complexity index is 989. The zero-order valence-corrected chi connectivity index (χ0v) is 16.4. The first kappa shape index (κ1) is 20.8. The lowest BCUT2D eigenvalue weighted by Gasteiger charge is -2.38. The van der Waals surface area contributed by atoms with Crippen LogP contribution >= 0.6 is 11.6 Å². The molecule has 0 bridgehead atoms. The number of halogens is 4. The third kappa shape index (κ3) is 4.12. The van der Waals surface area contributed by atoms with Gasteiger partial charge in [0, 0.05) is 38.1 Å². The average molecular weight is 429 g/mol. The van der Waals surface area contributed by atoms with E-state index in [4.69, 9.17) is 27.7 Å². The second-order valence-electron chi connectivity index (χ2n) is 6.63. The lowest BCUT2D eigenvalue weighted by atomic mass is 10.1. The van der Waals surface area contributed by atoms with Crippen molar-refractivity contribution in [1.82, 2.24) is 15.2 Å². The third-order valence-electron chi connectivity index (χ3n) is 4.77. The summed E-state index contributed by atoms with van der Waals surface area (Å²) < 4.78 is 43.4. The Balaban J connectivity index is 1.75. The minimum Gasteiger partial charge on any atom is -0.404 e. The number of rotatable bonds is 4. The Labute approximate surface area is 170 Å². The van der Waals surface area contributed by atoms with Crippen molar-refractivity contribution in [1.29, 1.82) is 0 Å². The van der Waals surface area contributed by atoms with Gasteiger partial charge >= 0.3 is 6.18 Å². The topological polar surface area (TPSA) is 97.4 Å². The van der Waals surface area contributed by atoms with Crippen LogP contribution in [0.15, 0.2) is 45.9 Å². The smallest absolute Gasteiger partial charge is 0.404 e. The number of fused-ring (bicyclic) bond motifs is 1. The van der Waals surface area contributed by atoms with E-state index in [-0.39, 0.29) is 5.03 Å². The summed E-state index contributed by atoms with van der Waals surface area (Å²) in [5.74, 6) is 0. The molecule has 2 aromatic rings. The second-order valence-corrected chi connectivity index (χ2v) is 7.03. The molecule has 0 spiro atoms. The molecule has 1 aliphatic rings. The number of anilines is 2. The maximum Gasteiger partial charge on any atom is 0.417 e. The zero-order chi connectivity index (χ0) is 21.3. The maximum atomic E-state index is 12.9. The molecule has 4 N–H and O–H groups in total. The van der Waals surface area contributed by atoms with Crippen molar-refractivity contribution >= 4 is 34.0 Å². The maximum absolute atomic E-state index is 12.9. The number of hydrogen-bond donors (Lipinski definition) is 2. The monoisotopic (exact) mass is 428 g/mol. The molecule has 0 atom stereocenters. The quantitative estimate of drug-likeness (QED) is 0.569. The van der Waals surface area contributed by atoms with Crippen LogP contribution in [-0.2, 0) is 0 Å². The fourth-order valence-electron chi connectivity index (χ4n) is 3.28. The normalized spacial score (nSPS) is 16.6. The summed E-state index contributed by atoms with van der Waals surface area (Å²) >= 11 is 6.07. The molecule has 0 radical (unpaired) electrons. The van der Waals surface area contributed by atoms with Crippen molar-refractivity contribution in [2.24, 2.45) is 5.73 Å². The van der Waals surface area contributed by atoms with Gasteiger partial charge in [-0.25, -0.2) is 4.63 Å². The predicted octanol–water partition coefficient (Wildman–Crippen LogP) is 3.28. The SMILES string of the molecule is C=C(/C(Cl)=C\C(=C/N)C(F)(F)F)N1CCN(c2c(C)cc(N)c3nonc23)CC1. The van der Waals surface area contributed by atoms with E-state index in [1.807, 2.05) is 17.9 Å². The molecule has 1 aliphatic heterocycles. The van der Waals surface area contributed by atoms with Crippen LogP contribution in [0.4, 0.5) is 24.5 Å². The third-order valence-corrected chi connectivity index (χ3v) is 5.10. The van der Waals surface area contributed by atoms with Crippen molar-refractivity contribution in [3.8, 4) is 0 Å². The van der Waals surface area contributed by atoms with Gasteiger partial charge in [-0.3, -0.25) is 0 Å². The molecule has 0 saturated carbocycles. The predicted molar refractivity (Wildman–Crippen MR) is 106 cm³/mol. The van der Waals surface area contributed by atoms with E-state index < -0.39 is 11.7 Å². The molecule has 29 heavy (non-hydrogen) atoms. The number of hydrogen-bond acceptors (Lipinski definition) is 7. The lowest BCUT2D eigenvalue weighted by Crippen LogP contribution is -2.46. The molecule has 3 rings (SSSR count). The van der Waals surface area contributed by atoms with Gasteiger partial charge in [0.2, 0.25) is 0 Å². The second kappa shape index (κ2) is 7.86. The van der Waals surface area contributed by atoms with E-state index in [2.05, 4.69) is 21.8 Å². The highest BCUT2D eigenvalue weighted by atomic mass is 35.5. The van der Waals surface area contributed by atoms with Crippen LogP contribution in [0, 0.1) is 6.92 Å². The molecular formula is C18H20ClF3N6O. The van der Waals surface area contributed by atoms with Gasteiger partial charge in [-0.1, -0.05) is 18.2 Å². The summed E-state index contributed by atoms with van der Waals surface area (Å²) in [5.41, 5.74) is 13.7. The number of aromatic nitrogens is 2. The van der Waals surface area contributed by atoms with Crippen molar-refractivity contribution in [3.05, 3.63) is 46.8 Å². The lowest BCUT2D eigenvalue weighted by molar-refractivity contribution is -0.0884. The van der Waals surface area contributed by atoms with Crippen molar-refractivity contribution in [3.63, 3.8) is 0 Å². The van der Waals surface area contributed by atoms with Crippen LogP contribution < -0.4 is 16.4 Å². The van der Waals surface area contributed by atoms with Gasteiger partial charge in [0.15, 0.2) is 11.0 Å². The Morgan fingerprint density at radius 1 is 1.24 bits per heavy atom. The van der Waals surface area contributed by atoms with E-state index in [0.717, 1.165) is 17.3 Å². The van der Waals surface area contributed by atoms with Gasteiger partial charge in [-0.15, -0.1) is 0 Å². The minimum atomic E-state index is -4.59. The van der Waals surface area contributed by atoms with Gasteiger partial charge in [-0.05, 0) is 34.9 Å². The van der Waals surface area contributed by atoms with Crippen LogP contribution in [0.25, 0.3) is 11.0 Å².